The third kappa shape index (κ3) is 2.94. The van der Waals surface area contributed by atoms with Gasteiger partial charge in [-0.05, 0) is 18.9 Å². The average Bonchev–Trinajstić information content (AvgIpc) is 2.48. The number of non-ortho nitro benzene ring substituents is 1. The quantitative estimate of drug-likeness (QED) is 0.650. The van der Waals surface area contributed by atoms with Gasteiger partial charge in [0.05, 0.1) is 16.2 Å². The number of nitrogens with one attached hydrogen (secondary N) is 1. The maximum absolute atomic E-state index is 11.6. The Morgan fingerprint density at radius 1 is 1.38 bits per heavy atom. The molecule has 1 aliphatic rings. The number of anilines is 1. The average molecular weight is 289 g/mol. The Labute approximate surface area is 121 Å². The Bertz CT molecular complexity index is 615. The van der Waals surface area contributed by atoms with E-state index in [2.05, 4.69) is 5.32 Å². The summed E-state index contributed by atoms with van der Waals surface area (Å²) in [6.45, 7) is 0. The largest absolute Gasteiger partial charge is 0.480 e. The Kier molecular flexibility index (Phi) is 4.08. The first-order valence-corrected chi connectivity index (χ1v) is 6.69. The van der Waals surface area contributed by atoms with Gasteiger partial charge in [-0.2, -0.15) is 5.26 Å². The van der Waals surface area contributed by atoms with Crippen molar-refractivity contribution in [2.75, 3.05) is 5.32 Å². The summed E-state index contributed by atoms with van der Waals surface area (Å²) in [6.07, 6.45) is 3.54. The van der Waals surface area contributed by atoms with Crippen molar-refractivity contribution in [1.82, 2.24) is 0 Å². The van der Waals surface area contributed by atoms with E-state index in [0.717, 1.165) is 25.3 Å². The molecule has 0 aliphatic heterocycles. The van der Waals surface area contributed by atoms with E-state index < -0.39 is 16.4 Å². The van der Waals surface area contributed by atoms with Crippen molar-refractivity contribution in [2.45, 2.75) is 37.6 Å². The maximum Gasteiger partial charge on any atom is 0.329 e. The Balaban J connectivity index is 2.35. The summed E-state index contributed by atoms with van der Waals surface area (Å²) >= 11 is 0. The van der Waals surface area contributed by atoms with Crippen molar-refractivity contribution >= 4 is 17.3 Å². The van der Waals surface area contributed by atoms with Crippen molar-refractivity contribution in [3.05, 3.63) is 33.9 Å². The summed E-state index contributed by atoms with van der Waals surface area (Å²) in [6, 6.07) is 5.69. The van der Waals surface area contributed by atoms with Gasteiger partial charge in [0, 0.05) is 12.1 Å². The number of carboxylic acids is 1. The van der Waals surface area contributed by atoms with E-state index in [9.17, 15) is 20.0 Å². The molecule has 1 saturated carbocycles. The molecule has 0 saturated heterocycles. The van der Waals surface area contributed by atoms with Crippen LogP contribution in [0.5, 0.6) is 0 Å². The van der Waals surface area contributed by atoms with Crippen LogP contribution in [0.2, 0.25) is 0 Å². The van der Waals surface area contributed by atoms with Crippen molar-refractivity contribution in [2.24, 2.45) is 0 Å². The van der Waals surface area contributed by atoms with Crippen LogP contribution in [0.15, 0.2) is 18.2 Å². The highest BCUT2D eigenvalue weighted by Gasteiger charge is 2.40. The lowest BCUT2D eigenvalue weighted by Crippen LogP contribution is -2.48. The molecule has 21 heavy (non-hydrogen) atoms. The second kappa shape index (κ2) is 5.79. The molecule has 0 spiro atoms. The van der Waals surface area contributed by atoms with Crippen LogP contribution in [0.4, 0.5) is 11.4 Å². The fourth-order valence-electron chi connectivity index (χ4n) is 2.65. The van der Waals surface area contributed by atoms with E-state index >= 15 is 0 Å². The zero-order valence-electron chi connectivity index (χ0n) is 11.3. The smallest absolute Gasteiger partial charge is 0.329 e. The van der Waals surface area contributed by atoms with Crippen LogP contribution >= 0.6 is 0 Å². The molecular formula is C14H15N3O4. The SMILES string of the molecule is N#Cc1cc([N+](=O)[O-])ccc1NC1(C(=O)O)CCCCC1. The standard InChI is InChI=1S/C14H15N3O4/c15-9-10-8-11(17(20)21)4-5-12(10)16-14(13(18)19)6-2-1-3-7-14/h4-5,8,16H,1-3,6-7H2,(H,18,19). The van der Waals surface area contributed by atoms with Crippen LogP contribution in [0, 0.1) is 21.4 Å². The van der Waals surface area contributed by atoms with Gasteiger partial charge in [0.1, 0.15) is 11.6 Å². The Morgan fingerprint density at radius 3 is 2.57 bits per heavy atom. The maximum atomic E-state index is 11.6. The van der Waals surface area contributed by atoms with Gasteiger partial charge < -0.3 is 10.4 Å². The molecule has 2 rings (SSSR count). The van der Waals surface area contributed by atoms with Gasteiger partial charge in [-0.1, -0.05) is 19.3 Å². The molecule has 7 heteroatoms. The van der Waals surface area contributed by atoms with Gasteiger partial charge in [0.2, 0.25) is 0 Å². The molecule has 0 amide bonds. The zero-order valence-corrected chi connectivity index (χ0v) is 11.3. The fraction of sp³-hybridized carbons (Fsp3) is 0.429. The number of nitrogens with zero attached hydrogens (tertiary/aromatic N) is 2. The minimum Gasteiger partial charge on any atom is -0.480 e. The van der Waals surface area contributed by atoms with Crippen molar-refractivity contribution in [1.29, 1.82) is 5.26 Å². The van der Waals surface area contributed by atoms with E-state index in [1.807, 2.05) is 6.07 Å². The minimum absolute atomic E-state index is 0.0791. The third-order valence-electron chi connectivity index (χ3n) is 3.82. The van der Waals surface area contributed by atoms with Gasteiger partial charge in [0.15, 0.2) is 0 Å². The number of hydrogen-bond donors (Lipinski definition) is 2. The molecule has 0 unspecified atom stereocenters. The Hall–Kier alpha value is -2.62. The molecule has 2 N–H and O–H groups in total. The van der Waals surface area contributed by atoms with E-state index in [1.165, 1.54) is 12.1 Å². The van der Waals surface area contributed by atoms with E-state index in [-0.39, 0.29) is 11.3 Å². The fourth-order valence-corrected chi connectivity index (χ4v) is 2.65. The summed E-state index contributed by atoms with van der Waals surface area (Å²) in [7, 11) is 0. The number of aliphatic carboxylic acids is 1. The molecule has 0 radical (unpaired) electrons. The Morgan fingerprint density at radius 2 is 2.05 bits per heavy atom. The highest BCUT2D eigenvalue weighted by Crippen LogP contribution is 2.33. The summed E-state index contributed by atoms with van der Waals surface area (Å²) in [4.78, 5) is 21.7. The van der Waals surface area contributed by atoms with Crippen LogP contribution < -0.4 is 5.32 Å². The van der Waals surface area contributed by atoms with Crippen LogP contribution in [-0.2, 0) is 4.79 Å². The first-order valence-electron chi connectivity index (χ1n) is 6.69. The number of nitriles is 1. The number of hydrogen-bond acceptors (Lipinski definition) is 5. The third-order valence-corrected chi connectivity index (χ3v) is 3.82. The zero-order chi connectivity index (χ0) is 15.5. The molecule has 0 bridgehead atoms. The molecule has 1 aliphatic carbocycles. The van der Waals surface area contributed by atoms with Crippen molar-refractivity contribution in [3.8, 4) is 6.07 Å². The molecule has 110 valence electrons. The van der Waals surface area contributed by atoms with Gasteiger partial charge in [-0.3, -0.25) is 10.1 Å². The molecule has 0 aromatic heterocycles. The predicted octanol–water partition coefficient (Wildman–Crippen LogP) is 2.67. The second-order valence-electron chi connectivity index (χ2n) is 5.17. The van der Waals surface area contributed by atoms with Crippen LogP contribution in [0.25, 0.3) is 0 Å². The monoisotopic (exact) mass is 289 g/mol. The molecule has 0 heterocycles. The molecule has 1 fully saturated rings. The summed E-state index contributed by atoms with van der Waals surface area (Å²) in [5.74, 6) is -0.954. The number of rotatable bonds is 4. The first-order chi connectivity index (χ1) is 9.98. The van der Waals surface area contributed by atoms with Crippen LogP contribution in [0.3, 0.4) is 0 Å². The number of nitro groups is 1. The molecule has 1 aromatic carbocycles. The summed E-state index contributed by atoms with van der Waals surface area (Å²) in [5.41, 5.74) is -0.882. The number of carbonyl (C=O) groups is 1. The summed E-state index contributed by atoms with van der Waals surface area (Å²) in [5, 5.41) is 32.3. The van der Waals surface area contributed by atoms with Gasteiger partial charge in [-0.15, -0.1) is 0 Å². The highest BCUT2D eigenvalue weighted by molar-refractivity contribution is 5.83. The highest BCUT2D eigenvalue weighted by atomic mass is 16.6. The van der Waals surface area contributed by atoms with E-state index in [0.29, 0.717) is 18.5 Å². The molecule has 0 atom stereocenters. The van der Waals surface area contributed by atoms with Gasteiger partial charge in [0.25, 0.3) is 5.69 Å². The first kappa shape index (κ1) is 14.8. The van der Waals surface area contributed by atoms with Gasteiger partial charge >= 0.3 is 5.97 Å². The topological polar surface area (TPSA) is 116 Å². The molecule has 7 nitrogen and oxygen atoms in total. The van der Waals surface area contributed by atoms with Crippen molar-refractivity contribution < 1.29 is 14.8 Å². The lowest BCUT2D eigenvalue weighted by molar-refractivity contribution is -0.384. The predicted molar refractivity (Wildman–Crippen MR) is 74.9 cm³/mol. The van der Waals surface area contributed by atoms with Gasteiger partial charge in [-0.25, -0.2) is 4.79 Å². The molecule has 1 aromatic rings. The number of carboxylic acid groups (broad SMARTS) is 1. The lowest BCUT2D eigenvalue weighted by atomic mass is 9.81. The molecular weight excluding hydrogens is 274 g/mol. The van der Waals surface area contributed by atoms with E-state index in [1.54, 1.807) is 0 Å². The van der Waals surface area contributed by atoms with Crippen molar-refractivity contribution in [3.63, 3.8) is 0 Å². The van der Waals surface area contributed by atoms with E-state index in [4.69, 9.17) is 5.26 Å². The lowest BCUT2D eigenvalue weighted by Gasteiger charge is -2.35. The normalized spacial score (nSPS) is 16.7. The number of nitro benzene ring substituents is 1. The second-order valence-corrected chi connectivity index (χ2v) is 5.17. The van der Waals surface area contributed by atoms with Crippen LogP contribution in [-0.4, -0.2) is 21.5 Å². The number of benzene rings is 1. The van der Waals surface area contributed by atoms with Crippen LogP contribution in [0.1, 0.15) is 37.7 Å². The summed E-state index contributed by atoms with van der Waals surface area (Å²) < 4.78 is 0. The minimum atomic E-state index is -1.10.